The molecular weight excluding hydrogens is 332 g/mol. The van der Waals surface area contributed by atoms with Gasteiger partial charge >= 0.3 is 0 Å². The normalized spacial score (nSPS) is 12.6. The highest BCUT2D eigenvalue weighted by atomic mass is 79.9. The van der Waals surface area contributed by atoms with Gasteiger partial charge in [-0.1, -0.05) is 15.9 Å². The van der Waals surface area contributed by atoms with Crippen LogP contribution in [0.3, 0.4) is 0 Å². The Kier molecular flexibility index (Phi) is 3.84. The molecule has 21 heavy (non-hydrogen) atoms. The number of anilines is 1. The van der Waals surface area contributed by atoms with E-state index in [2.05, 4.69) is 33.4 Å². The second-order valence-electron chi connectivity index (χ2n) is 4.95. The van der Waals surface area contributed by atoms with Crippen LogP contribution in [-0.4, -0.2) is 12.5 Å². The van der Waals surface area contributed by atoms with E-state index < -0.39 is 5.91 Å². The van der Waals surface area contributed by atoms with Gasteiger partial charge in [0.05, 0.1) is 6.61 Å². The summed E-state index contributed by atoms with van der Waals surface area (Å²) in [6.07, 6.45) is 0.953. The maximum absolute atomic E-state index is 11.0. The molecule has 108 valence electrons. The average Bonchev–Trinajstić information content (AvgIpc) is 2.93. The van der Waals surface area contributed by atoms with Gasteiger partial charge in [-0.2, -0.15) is 0 Å². The van der Waals surface area contributed by atoms with Gasteiger partial charge in [0.25, 0.3) is 0 Å². The molecule has 0 saturated heterocycles. The number of benzene rings is 2. The maximum Gasteiger partial charge on any atom is 0.248 e. The Balaban J connectivity index is 1.75. The van der Waals surface area contributed by atoms with Gasteiger partial charge in [0.1, 0.15) is 5.75 Å². The van der Waals surface area contributed by atoms with E-state index in [1.807, 2.05) is 12.1 Å². The lowest BCUT2D eigenvalue weighted by Crippen LogP contribution is -2.10. The summed E-state index contributed by atoms with van der Waals surface area (Å²) in [6.45, 7) is 1.41. The minimum atomic E-state index is -0.417. The van der Waals surface area contributed by atoms with Gasteiger partial charge < -0.3 is 15.8 Å². The highest BCUT2D eigenvalue weighted by molar-refractivity contribution is 9.10. The summed E-state index contributed by atoms with van der Waals surface area (Å²) in [5.41, 5.74) is 9.03. The lowest BCUT2D eigenvalue weighted by Gasteiger charge is -2.11. The number of nitrogens with two attached hydrogens (primary N) is 1. The molecule has 0 radical (unpaired) electrons. The lowest BCUT2D eigenvalue weighted by molar-refractivity contribution is 0.100. The molecule has 1 aliphatic heterocycles. The molecule has 0 unspecified atom stereocenters. The van der Waals surface area contributed by atoms with E-state index in [1.54, 1.807) is 12.1 Å². The molecule has 0 bridgehead atoms. The molecule has 3 rings (SSSR count). The topological polar surface area (TPSA) is 64.4 Å². The molecular formula is C16H15BrN2O2. The quantitative estimate of drug-likeness (QED) is 0.893. The standard InChI is InChI=1S/C16H15BrN2O2/c17-13-7-11-5-6-21-15(11)12(8-13)9-19-14-3-1-10(2-4-14)16(18)20/h1-4,7-8,19H,5-6,9H2,(H2,18,20). The highest BCUT2D eigenvalue weighted by Crippen LogP contribution is 2.33. The summed E-state index contributed by atoms with van der Waals surface area (Å²) in [4.78, 5) is 11.0. The first-order valence-corrected chi connectivity index (χ1v) is 7.50. The summed E-state index contributed by atoms with van der Waals surface area (Å²) >= 11 is 3.53. The minimum absolute atomic E-state index is 0.417. The van der Waals surface area contributed by atoms with Crippen molar-refractivity contribution in [3.05, 3.63) is 57.6 Å². The van der Waals surface area contributed by atoms with E-state index in [0.717, 1.165) is 34.5 Å². The van der Waals surface area contributed by atoms with Crippen LogP contribution in [0.1, 0.15) is 21.5 Å². The van der Waals surface area contributed by atoms with Crippen LogP contribution in [0.15, 0.2) is 40.9 Å². The van der Waals surface area contributed by atoms with E-state index >= 15 is 0 Å². The predicted molar refractivity (Wildman–Crippen MR) is 85.6 cm³/mol. The Bertz CT molecular complexity index is 683. The van der Waals surface area contributed by atoms with Crippen molar-refractivity contribution in [3.8, 4) is 5.75 Å². The summed E-state index contributed by atoms with van der Waals surface area (Å²) in [5.74, 6) is 0.569. The molecule has 1 aliphatic rings. The Morgan fingerprint density at radius 1 is 1.29 bits per heavy atom. The summed E-state index contributed by atoms with van der Waals surface area (Å²) < 4.78 is 6.76. The third-order valence-electron chi connectivity index (χ3n) is 3.48. The second kappa shape index (κ2) is 5.77. The Hall–Kier alpha value is -2.01. The van der Waals surface area contributed by atoms with Crippen LogP contribution in [0, 0.1) is 0 Å². The van der Waals surface area contributed by atoms with Crippen LogP contribution >= 0.6 is 15.9 Å². The summed E-state index contributed by atoms with van der Waals surface area (Å²) in [5, 5.41) is 3.33. The largest absolute Gasteiger partial charge is 0.493 e. The van der Waals surface area contributed by atoms with Crippen molar-refractivity contribution >= 4 is 27.5 Å². The third-order valence-corrected chi connectivity index (χ3v) is 3.94. The van der Waals surface area contributed by atoms with Crippen LogP contribution in [0.5, 0.6) is 5.75 Å². The maximum atomic E-state index is 11.0. The predicted octanol–water partition coefficient (Wildman–Crippen LogP) is 3.10. The molecule has 0 atom stereocenters. The molecule has 2 aromatic carbocycles. The van der Waals surface area contributed by atoms with Crippen LogP contribution in [0.4, 0.5) is 5.69 Å². The molecule has 1 amide bonds. The van der Waals surface area contributed by atoms with Crippen LogP contribution in [0.2, 0.25) is 0 Å². The van der Waals surface area contributed by atoms with Gasteiger partial charge in [-0.3, -0.25) is 4.79 Å². The van der Waals surface area contributed by atoms with Crippen LogP contribution < -0.4 is 15.8 Å². The van der Waals surface area contributed by atoms with Crippen molar-refractivity contribution in [1.82, 2.24) is 0 Å². The number of rotatable bonds is 4. The summed E-state index contributed by atoms with van der Waals surface area (Å²) in [6, 6.07) is 11.3. The number of fused-ring (bicyclic) bond motifs is 1. The highest BCUT2D eigenvalue weighted by Gasteiger charge is 2.17. The Morgan fingerprint density at radius 2 is 2.05 bits per heavy atom. The molecule has 0 aliphatic carbocycles. The van der Waals surface area contributed by atoms with Crippen molar-refractivity contribution in [2.75, 3.05) is 11.9 Å². The van der Waals surface area contributed by atoms with Gasteiger partial charge in [0.15, 0.2) is 0 Å². The van der Waals surface area contributed by atoms with Gasteiger partial charge in [-0.15, -0.1) is 0 Å². The molecule has 0 fully saturated rings. The number of amides is 1. The number of hydrogen-bond acceptors (Lipinski definition) is 3. The zero-order chi connectivity index (χ0) is 14.8. The zero-order valence-corrected chi connectivity index (χ0v) is 12.9. The lowest BCUT2D eigenvalue weighted by atomic mass is 10.1. The molecule has 0 saturated carbocycles. The average molecular weight is 347 g/mol. The van der Waals surface area contributed by atoms with Gasteiger partial charge in [-0.05, 0) is 42.0 Å². The number of carbonyl (C=O) groups is 1. The fraction of sp³-hybridized carbons (Fsp3) is 0.188. The molecule has 0 aromatic heterocycles. The van der Waals surface area contributed by atoms with E-state index in [-0.39, 0.29) is 0 Å². The van der Waals surface area contributed by atoms with Crippen LogP contribution in [-0.2, 0) is 13.0 Å². The van der Waals surface area contributed by atoms with Crippen molar-refractivity contribution in [2.24, 2.45) is 5.73 Å². The number of nitrogens with one attached hydrogen (secondary N) is 1. The van der Waals surface area contributed by atoms with Crippen molar-refractivity contribution in [2.45, 2.75) is 13.0 Å². The van der Waals surface area contributed by atoms with Crippen LogP contribution in [0.25, 0.3) is 0 Å². The molecule has 5 heteroatoms. The van der Waals surface area contributed by atoms with E-state index in [1.165, 1.54) is 5.56 Å². The zero-order valence-electron chi connectivity index (χ0n) is 11.4. The smallest absolute Gasteiger partial charge is 0.248 e. The van der Waals surface area contributed by atoms with E-state index in [9.17, 15) is 4.79 Å². The molecule has 1 heterocycles. The number of halogens is 1. The first kappa shape index (κ1) is 13.9. The number of primary amides is 1. The van der Waals surface area contributed by atoms with Gasteiger partial charge in [0, 0.05) is 34.3 Å². The fourth-order valence-electron chi connectivity index (χ4n) is 2.43. The van der Waals surface area contributed by atoms with Gasteiger partial charge in [-0.25, -0.2) is 0 Å². The Labute approximate surface area is 131 Å². The van der Waals surface area contributed by atoms with Crippen molar-refractivity contribution in [3.63, 3.8) is 0 Å². The first-order valence-electron chi connectivity index (χ1n) is 6.71. The number of hydrogen-bond donors (Lipinski definition) is 2. The molecule has 2 aromatic rings. The van der Waals surface area contributed by atoms with Gasteiger partial charge in [0.2, 0.25) is 5.91 Å². The number of ether oxygens (including phenoxy) is 1. The number of carbonyl (C=O) groups excluding carboxylic acids is 1. The molecule has 3 N–H and O–H groups in total. The van der Waals surface area contributed by atoms with Crippen molar-refractivity contribution in [1.29, 1.82) is 0 Å². The fourth-order valence-corrected chi connectivity index (χ4v) is 2.98. The van der Waals surface area contributed by atoms with Crippen molar-refractivity contribution < 1.29 is 9.53 Å². The monoisotopic (exact) mass is 346 g/mol. The first-order chi connectivity index (χ1) is 10.1. The van der Waals surface area contributed by atoms with E-state index in [0.29, 0.717) is 12.1 Å². The third kappa shape index (κ3) is 3.03. The molecule has 4 nitrogen and oxygen atoms in total. The molecule has 0 spiro atoms. The summed E-state index contributed by atoms with van der Waals surface area (Å²) in [7, 11) is 0. The Morgan fingerprint density at radius 3 is 2.76 bits per heavy atom. The minimum Gasteiger partial charge on any atom is -0.493 e. The second-order valence-corrected chi connectivity index (χ2v) is 5.86. The SMILES string of the molecule is NC(=O)c1ccc(NCc2cc(Br)cc3c2OCC3)cc1. The van der Waals surface area contributed by atoms with E-state index in [4.69, 9.17) is 10.5 Å².